The van der Waals surface area contributed by atoms with E-state index >= 15 is 0 Å². The Hall–Kier alpha value is -1.72. The summed E-state index contributed by atoms with van der Waals surface area (Å²) < 4.78 is 12.8. The largest absolute Gasteiger partial charge is 0.388 e. The van der Waals surface area contributed by atoms with Crippen molar-refractivity contribution in [3.8, 4) is 0 Å². The van der Waals surface area contributed by atoms with Crippen LogP contribution in [-0.4, -0.2) is 23.2 Å². The Labute approximate surface area is 127 Å². The van der Waals surface area contributed by atoms with E-state index in [0.29, 0.717) is 6.42 Å². The van der Waals surface area contributed by atoms with Crippen LogP contribution in [0.5, 0.6) is 0 Å². The fourth-order valence-corrected chi connectivity index (χ4v) is 2.70. The molecule has 0 aliphatic heterocycles. The maximum atomic E-state index is 12.8. The molecule has 112 valence electrons. The molecule has 2 aromatic rings. The molecule has 2 rings (SSSR count). The average Bonchev–Trinajstić information content (AvgIpc) is 2.91. The molecule has 1 aromatic carbocycles. The van der Waals surface area contributed by atoms with Crippen molar-refractivity contribution in [2.24, 2.45) is 0 Å². The summed E-state index contributed by atoms with van der Waals surface area (Å²) in [5.74, 6) is -0.509. The van der Waals surface area contributed by atoms with Crippen LogP contribution in [0.2, 0.25) is 0 Å². The summed E-state index contributed by atoms with van der Waals surface area (Å²) in [5.41, 5.74) is 0.809. The van der Waals surface area contributed by atoms with E-state index in [1.54, 1.807) is 30.4 Å². The van der Waals surface area contributed by atoms with Crippen LogP contribution in [0.3, 0.4) is 0 Å². The molecule has 1 aromatic heterocycles. The van der Waals surface area contributed by atoms with Crippen molar-refractivity contribution < 1.29 is 14.3 Å². The first-order valence-corrected chi connectivity index (χ1v) is 7.63. The number of hydrogen-bond acceptors (Lipinski definition) is 3. The molecule has 0 saturated carbocycles. The normalized spacial score (nSPS) is 13.7. The van der Waals surface area contributed by atoms with Gasteiger partial charge in [-0.05, 0) is 47.0 Å². The van der Waals surface area contributed by atoms with Gasteiger partial charge in [-0.25, -0.2) is 4.39 Å². The van der Waals surface area contributed by atoms with Crippen LogP contribution < -0.4 is 5.32 Å². The SMILES string of the molecule is CC(O)(CNC(=O)Cc1ccc(F)cc1)Cc1ccsc1. The molecule has 0 fully saturated rings. The predicted molar refractivity (Wildman–Crippen MR) is 81.8 cm³/mol. The van der Waals surface area contributed by atoms with E-state index in [9.17, 15) is 14.3 Å². The van der Waals surface area contributed by atoms with Gasteiger partial charge in [-0.15, -0.1) is 0 Å². The number of nitrogens with one attached hydrogen (secondary N) is 1. The Balaban J connectivity index is 1.81. The summed E-state index contributed by atoms with van der Waals surface area (Å²) in [6.45, 7) is 1.88. The molecule has 0 radical (unpaired) electrons. The van der Waals surface area contributed by atoms with Gasteiger partial charge in [-0.3, -0.25) is 4.79 Å². The standard InChI is InChI=1S/C16H18FNO2S/c1-16(20,9-13-6-7-21-10-13)11-18-15(19)8-12-2-4-14(17)5-3-12/h2-7,10,20H,8-9,11H2,1H3,(H,18,19). The maximum Gasteiger partial charge on any atom is 0.224 e. The molecule has 1 amide bonds. The highest BCUT2D eigenvalue weighted by Crippen LogP contribution is 2.15. The number of carbonyl (C=O) groups is 1. The van der Waals surface area contributed by atoms with Crippen molar-refractivity contribution in [3.05, 3.63) is 58.0 Å². The minimum Gasteiger partial charge on any atom is -0.388 e. The van der Waals surface area contributed by atoms with Gasteiger partial charge in [0, 0.05) is 13.0 Å². The van der Waals surface area contributed by atoms with E-state index in [0.717, 1.165) is 11.1 Å². The number of amides is 1. The third-order valence-corrected chi connectivity index (χ3v) is 3.84. The number of benzene rings is 1. The highest BCUT2D eigenvalue weighted by Gasteiger charge is 2.22. The summed E-state index contributed by atoms with van der Waals surface area (Å²) in [7, 11) is 0. The Kier molecular flexibility index (Phi) is 5.09. The predicted octanol–water partition coefficient (Wildman–Crippen LogP) is 2.54. The molecular weight excluding hydrogens is 289 g/mol. The van der Waals surface area contributed by atoms with E-state index in [-0.39, 0.29) is 24.7 Å². The summed E-state index contributed by atoms with van der Waals surface area (Å²) >= 11 is 1.58. The zero-order valence-electron chi connectivity index (χ0n) is 11.8. The third kappa shape index (κ3) is 5.28. The Morgan fingerprint density at radius 3 is 2.62 bits per heavy atom. The number of aliphatic hydroxyl groups is 1. The van der Waals surface area contributed by atoms with Crippen LogP contribution in [0.15, 0.2) is 41.1 Å². The number of carbonyl (C=O) groups excluding carboxylic acids is 1. The van der Waals surface area contributed by atoms with Gasteiger partial charge in [0.25, 0.3) is 0 Å². The van der Waals surface area contributed by atoms with Crippen LogP contribution in [0.25, 0.3) is 0 Å². The molecule has 0 spiro atoms. The van der Waals surface area contributed by atoms with Crippen LogP contribution in [-0.2, 0) is 17.6 Å². The number of rotatable bonds is 6. The van der Waals surface area contributed by atoms with E-state index in [1.165, 1.54) is 12.1 Å². The van der Waals surface area contributed by atoms with E-state index < -0.39 is 5.60 Å². The highest BCUT2D eigenvalue weighted by molar-refractivity contribution is 7.07. The molecular formula is C16H18FNO2S. The Morgan fingerprint density at radius 1 is 1.29 bits per heavy atom. The molecule has 0 aliphatic carbocycles. The average molecular weight is 307 g/mol. The molecule has 5 heteroatoms. The maximum absolute atomic E-state index is 12.8. The lowest BCUT2D eigenvalue weighted by Crippen LogP contribution is -2.42. The minimum absolute atomic E-state index is 0.175. The summed E-state index contributed by atoms with van der Waals surface area (Å²) in [6.07, 6.45) is 0.669. The topological polar surface area (TPSA) is 49.3 Å². The van der Waals surface area contributed by atoms with Crippen molar-refractivity contribution in [1.29, 1.82) is 0 Å². The van der Waals surface area contributed by atoms with Crippen LogP contribution >= 0.6 is 11.3 Å². The molecule has 3 nitrogen and oxygen atoms in total. The van der Waals surface area contributed by atoms with Crippen molar-refractivity contribution in [3.63, 3.8) is 0 Å². The van der Waals surface area contributed by atoms with Gasteiger partial charge >= 0.3 is 0 Å². The van der Waals surface area contributed by atoms with Crippen molar-refractivity contribution in [2.75, 3.05) is 6.54 Å². The molecule has 0 bridgehead atoms. The summed E-state index contributed by atoms with van der Waals surface area (Å²) in [4.78, 5) is 11.8. The zero-order chi connectivity index (χ0) is 15.3. The van der Waals surface area contributed by atoms with Gasteiger partial charge in [0.1, 0.15) is 5.82 Å². The molecule has 1 atom stereocenters. The first-order valence-electron chi connectivity index (χ1n) is 6.69. The second-order valence-electron chi connectivity index (χ2n) is 5.39. The molecule has 21 heavy (non-hydrogen) atoms. The lowest BCUT2D eigenvalue weighted by molar-refractivity contribution is -0.121. The lowest BCUT2D eigenvalue weighted by Gasteiger charge is -2.23. The first-order chi connectivity index (χ1) is 9.94. The van der Waals surface area contributed by atoms with Gasteiger partial charge < -0.3 is 10.4 Å². The Bertz CT molecular complexity index is 579. The summed E-state index contributed by atoms with van der Waals surface area (Å²) in [5, 5.41) is 16.9. The van der Waals surface area contributed by atoms with Crippen LogP contribution in [0.4, 0.5) is 4.39 Å². The van der Waals surface area contributed by atoms with Crippen molar-refractivity contribution >= 4 is 17.2 Å². The number of thiophene rings is 1. The molecule has 1 unspecified atom stereocenters. The van der Waals surface area contributed by atoms with Gasteiger partial charge in [-0.2, -0.15) is 11.3 Å². The molecule has 2 N–H and O–H groups in total. The fraction of sp³-hybridized carbons (Fsp3) is 0.312. The van der Waals surface area contributed by atoms with Gasteiger partial charge in [0.15, 0.2) is 0 Å². The molecule has 0 saturated heterocycles. The number of halogens is 1. The smallest absolute Gasteiger partial charge is 0.224 e. The minimum atomic E-state index is -0.987. The third-order valence-electron chi connectivity index (χ3n) is 3.11. The second kappa shape index (κ2) is 6.83. The monoisotopic (exact) mass is 307 g/mol. The van der Waals surface area contributed by atoms with E-state index in [1.807, 2.05) is 16.8 Å². The van der Waals surface area contributed by atoms with E-state index in [4.69, 9.17) is 0 Å². The number of hydrogen-bond donors (Lipinski definition) is 2. The fourth-order valence-electron chi connectivity index (χ4n) is 2.03. The van der Waals surface area contributed by atoms with Crippen molar-refractivity contribution in [1.82, 2.24) is 5.32 Å². The van der Waals surface area contributed by atoms with Crippen LogP contribution in [0.1, 0.15) is 18.1 Å². The summed E-state index contributed by atoms with van der Waals surface area (Å²) in [6, 6.07) is 7.78. The van der Waals surface area contributed by atoms with Gasteiger partial charge in [0.05, 0.1) is 12.0 Å². The van der Waals surface area contributed by atoms with Crippen LogP contribution in [0, 0.1) is 5.82 Å². The van der Waals surface area contributed by atoms with E-state index in [2.05, 4.69) is 5.32 Å². The van der Waals surface area contributed by atoms with Crippen molar-refractivity contribution in [2.45, 2.75) is 25.4 Å². The highest BCUT2D eigenvalue weighted by atomic mass is 32.1. The van der Waals surface area contributed by atoms with Gasteiger partial charge in [0.2, 0.25) is 5.91 Å². The molecule has 1 heterocycles. The molecule has 0 aliphatic rings. The zero-order valence-corrected chi connectivity index (χ0v) is 12.6. The first kappa shape index (κ1) is 15.7. The lowest BCUT2D eigenvalue weighted by atomic mass is 9.98. The van der Waals surface area contributed by atoms with Gasteiger partial charge in [-0.1, -0.05) is 12.1 Å². The quantitative estimate of drug-likeness (QED) is 0.861. The Morgan fingerprint density at radius 2 is 2.00 bits per heavy atom. The second-order valence-corrected chi connectivity index (χ2v) is 6.17.